The number of hydrogen-bond acceptors (Lipinski definition) is 6. The summed E-state index contributed by atoms with van der Waals surface area (Å²) in [5, 5.41) is 9.82. The normalized spacial score (nSPS) is 16.4. The molecule has 0 amide bonds. The maximum Gasteiger partial charge on any atom is 0.338 e. The first-order chi connectivity index (χ1) is 12.4. The van der Waals surface area contributed by atoms with Gasteiger partial charge in [-0.15, -0.1) is 6.42 Å². The zero-order chi connectivity index (χ0) is 19.3. The zero-order valence-corrected chi connectivity index (χ0v) is 15.1. The number of rotatable bonds is 5. The number of nitrogens with two attached hydrogens (primary N) is 1. The van der Waals surface area contributed by atoms with Crippen molar-refractivity contribution >= 4 is 17.6 Å². The van der Waals surface area contributed by atoms with Crippen LogP contribution in [0.5, 0.6) is 5.75 Å². The van der Waals surface area contributed by atoms with Gasteiger partial charge >= 0.3 is 5.97 Å². The molecule has 1 heterocycles. The molecular weight excluding hydrogens is 356 g/mol. The summed E-state index contributed by atoms with van der Waals surface area (Å²) in [6, 6.07) is 6.91. The summed E-state index contributed by atoms with van der Waals surface area (Å²) in [5.41, 5.74) is 6.73. The van der Waals surface area contributed by atoms with Gasteiger partial charge in [0.25, 0.3) is 0 Å². The van der Waals surface area contributed by atoms with Gasteiger partial charge in [0.15, 0.2) is 0 Å². The van der Waals surface area contributed by atoms with Crippen LogP contribution >= 0.6 is 11.6 Å². The first-order valence-corrected chi connectivity index (χ1v) is 8.13. The SMILES string of the molecule is C#CCOc1ccc(C2C(C#N)=C(N)OC(C)=C2C(=O)OCC)cc1Cl. The number of ether oxygens (including phenoxy) is 3. The molecule has 0 saturated heterocycles. The Morgan fingerprint density at radius 3 is 2.81 bits per heavy atom. The Balaban J connectivity index is 2.55. The second-order valence-corrected chi connectivity index (χ2v) is 5.70. The van der Waals surface area contributed by atoms with E-state index in [9.17, 15) is 10.1 Å². The third-order valence-electron chi connectivity index (χ3n) is 3.70. The Hall–Kier alpha value is -3.09. The molecule has 0 fully saturated rings. The lowest BCUT2D eigenvalue weighted by Gasteiger charge is -2.27. The molecule has 1 aromatic carbocycles. The number of benzene rings is 1. The average molecular weight is 373 g/mol. The molecule has 2 rings (SSSR count). The fraction of sp³-hybridized carbons (Fsp3) is 0.263. The van der Waals surface area contributed by atoms with Crippen LogP contribution in [0.2, 0.25) is 5.02 Å². The van der Waals surface area contributed by atoms with Gasteiger partial charge in [-0.2, -0.15) is 5.26 Å². The number of carbonyl (C=O) groups excluding carboxylic acids is 1. The number of hydrogen-bond donors (Lipinski definition) is 1. The predicted octanol–water partition coefficient (Wildman–Crippen LogP) is 3.00. The van der Waals surface area contributed by atoms with Crippen molar-refractivity contribution in [2.75, 3.05) is 13.2 Å². The lowest BCUT2D eigenvalue weighted by molar-refractivity contribution is -0.139. The van der Waals surface area contributed by atoms with E-state index in [1.54, 1.807) is 32.0 Å². The second kappa shape index (κ2) is 8.33. The van der Waals surface area contributed by atoms with E-state index in [0.29, 0.717) is 16.3 Å². The molecule has 0 saturated carbocycles. The lowest BCUT2D eigenvalue weighted by Crippen LogP contribution is -2.25. The van der Waals surface area contributed by atoms with E-state index in [2.05, 4.69) is 5.92 Å². The van der Waals surface area contributed by atoms with E-state index in [4.69, 9.17) is 38.0 Å². The minimum atomic E-state index is -0.757. The molecule has 2 N–H and O–H groups in total. The van der Waals surface area contributed by atoms with E-state index in [1.807, 2.05) is 6.07 Å². The van der Waals surface area contributed by atoms with Crippen LogP contribution in [0.4, 0.5) is 0 Å². The topological polar surface area (TPSA) is 94.6 Å². The summed E-state index contributed by atoms with van der Waals surface area (Å²) in [7, 11) is 0. The number of esters is 1. The van der Waals surface area contributed by atoms with Gasteiger partial charge in [0.1, 0.15) is 29.8 Å². The van der Waals surface area contributed by atoms with Crippen molar-refractivity contribution in [2.24, 2.45) is 5.73 Å². The summed E-state index contributed by atoms with van der Waals surface area (Å²) in [6.45, 7) is 3.53. The van der Waals surface area contributed by atoms with Gasteiger partial charge in [-0.3, -0.25) is 0 Å². The highest BCUT2D eigenvalue weighted by Crippen LogP contribution is 2.41. The van der Waals surface area contributed by atoms with Gasteiger partial charge in [0.05, 0.1) is 23.1 Å². The Kier molecular flexibility index (Phi) is 6.16. The quantitative estimate of drug-likeness (QED) is 0.630. The highest BCUT2D eigenvalue weighted by atomic mass is 35.5. The van der Waals surface area contributed by atoms with E-state index in [1.165, 1.54) is 0 Å². The Bertz CT molecular complexity index is 875. The number of nitrogens with zero attached hydrogens (tertiary/aromatic N) is 1. The van der Waals surface area contributed by atoms with Crippen LogP contribution in [0.25, 0.3) is 0 Å². The molecule has 0 radical (unpaired) electrons. The first-order valence-electron chi connectivity index (χ1n) is 7.75. The minimum absolute atomic E-state index is 0.0631. The van der Waals surface area contributed by atoms with Crippen LogP contribution in [-0.4, -0.2) is 19.2 Å². The van der Waals surface area contributed by atoms with Crippen LogP contribution in [0.1, 0.15) is 25.3 Å². The number of allylic oxidation sites excluding steroid dienone is 2. The molecule has 0 spiro atoms. The first kappa shape index (κ1) is 19.2. The van der Waals surface area contributed by atoms with E-state index in [0.717, 1.165) is 0 Å². The van der Waals surface area contributed by atoms with Crippen molar-refractivity contribution in [1.82, 2.24) is 0 Å². The van der Waals surface area contributed by atoms with Crippen molar-refractivity contribution in [3.05, 3.63) is 51.6 Å². The van der Waals surface area contributed by atoms with Crippen molar-refractivity contribution < 1.29 is 19.0 Å². The molecule has 1 aliphatic rings. The molecule has 7 heteroatoms. The summed E-state index contributed by atoms with van der Waals surface area (Å²) in [6.07, 6.45) is 5.17. The molecule has 1 aromatic rings. The summed E-state index contributed by atoms with van der Waals surface area (Å²) in [4.78, 5) is 12.4. The molecule has 6 nitrogen and oxygen atoms in total. The summed E-state index contributed by atoms with van der Waals surface area (Å²) in [5.74, 6) is 1.62. The fourth-order valence-corrected chi connectivity index (χ4v) is 2.86. The van der Waals surface area contributed by atoms with Gasteiger partial charge in [0, 0.05) is 0 Å². The highest BCUT2D eigenvalue weighted by Gasteiger charge is 2.36. The van der Waals surface area contributed by atoms with Gasteiger partial charge in [0.2, 0.25) is 5.88 Å². The van der Waals surface area contributed by atoms with Crippen molar-refractivity contribution in [1.29, 1.82) is 5.26 Å². The van der Waals surface area contributed by atoms with Gasteiger partial charge < -0.3 is 19.9 Å². The number of nitriles is 1. The minimum Gasteiger partial charge on any atom is -0.479 e. The zero-order valence-electron chi connectivity index (χ0n) is 14.3. The molecule has 26 heavy (non-hydrogen) atoms. The molecule has 0 aliphatic carbocycles. The second-order valence-electron chi connectivity index (χ2n) is 5.30. The Morgan fingerprint density at radius 2 is 2.23 bits per heavy atom. The molecule has 1 aliphatic heterocycles. The molecule has 1 atom stereocenters. The standard InChI is InChI=1S/C19H17ClN2O4/c1-4-8-25-15-7-6-12(9-14(15)20)17-13(10-21)18(22)26-11(3)16(17)19(23)24-5-2/h1,6-7,9,17H,5,8,22H2,2-3H3. The monoisotopic (exact) mass is 372 g/mol. The molecule has 134 valence electrons. The smallest absolute Gasteiger partial charge is 0.338 e. The van der Waals surface area contributed by atoms with E-state index >= 15 is 0 Å². The van der Waals surface area contributed by atoms with Crippen LogP contribution in [0, 0.1) is 23.7 Å². The molecular formula is C19H17ClN2O4. The van der Waals surface area contributed by atoms with Crippen molar-refractivity contribution in [2.45, 2.75) is 19.8 Å². The maximum atomic E-state index is 12.4. The number of halogens is 1. The fourth-order valence-electron chi connectivity index (χ4n) is 2.62. The van der Waals surface area contributed by atoms with Crippen LogP contribution in [-0.2, 0) is 14.3 Å². The van der Waals surface area contributed by atoms with E-state index < -0.39 is 11.9 Å². The largest absolute Gasteiger partial charge is 0.479 e. The molecule has 0 bridgehead atoms. The third kappa shape index (κ3) is 3.77. The maximum absolute atomic E-state index is 12.4. The molecule has 0 aromatic heterocycles. The van der Waals surface area contributed by atoms with Crippen LogP contribution in [0.15, 0.2) is 41.0 Å². The third-order valence-corrected chi connectivity index (χ3v) is 4.00. The van der Waals surface area contributed by atoms with Crippen LogP contribution < -0.4 is 10.5 Å². The number of terminal acetylenes is 1. The van der Waals surface area contributed by atoms with Gasteiger partial charge in [-0.25, -0.2) is 4.79 Å². The van der Waals surface area contributed by atoms with Gasteiger partial charge in [-0.05, 0) is 31.5 Å². The summed E-state index contributed by atoms with van der Waals surface area (Å²) < 4.78 is 15.8. The lowest BCUT2D eigenvalue weighted by atomic mass is 9.83. The van der Waals surface area contributed by atoms with Gasteiger partial charge in [-0.1, -0.05) is 23.6 Å². The van der Waals surface area contributed by atoms with Crippen LogP contribution in [0.3, 0.4) is 0 Å². The van der Waals surface area contributed by atoms with Crippen molar-refractivity contribution in [3.63, 3.8) is 0 Å². The van der Waals surface area contributed by atoms with Crippen molar-refractivity contribution in [3.8, 4) is 24.2 Å². The number of carbonyl (C=O) groups is 1. The Morgan fingerprint density at radius 1 is 1.50 bits per heavy atom. The van der Waals surface area contributed by atoms with E-state index in [-0.39, 0.29) is 36.0 Å². The molecule has 1 unspecified atom stereocenters. The highest BCUT2D eigenvalue weighted by molar-refractivity contribution is 6.32. The predicted molar refractivity (Wildman–Crippen MR) is 95.8 cm³/mol. The average Bonchev–Trinajstić information content (AvgIpc) is 2.60. The Labute approximate surface area is 156 Å². The summed E-state index contributed by atoms with van der Waals surface area (Å²) >= 11 is 6.25.